The summed E-state index contributed by atoms with van der Waals surface area (Å²) in [6.45, 7) is 0.254. The second-order valence-electron chi connectivity index (χ2n) is 5.05. The quantitative estimate of drug-likeness (QED) is 0.593. The standard InChI is InChI=1S/C15H10F3N3O2.BrH/c16-15(17,18)12-7-10(5-6-13(12)21(22)23)20-8-9-3-1-2-4-11(9)14(20)19;/h1-7,19H,8H2;1H. The van der Waals surface area contributed by atoms with Crippen LogP contribution in [0.25, 0.3) is 0 Å². The van der Waals surface area contributed by atoms with Crippen LogP contribution in [0.1, 0.15) is 16.7 Å². The number of alkyl halides is 3. The first kappa shape index (κ1) is 17.9. The monoisotopic (exact) mass is 401 g/mol. The van der Waals surface area contributed by atoms with Crippen molar-refractivity contribution in [3.63, 3.8) is 0 Å². The van der Waals surface area contributed by atoms with Gasteiger partial charge in [-0.05, 0) is 17.7 Å². The van der Waals surface area contributed by atoms with Gasteiger partial charge in [-0.1, -0.05) is 24.3 Å². The van der Waals surface area contributed by atoms with Crippen LogP contribution in [0.5, 0.6) is 0 Å². The average Bonchev–Trinajstić information content (AvgIpc) is 2.83. The van der Waals surface area contributed by atoms with Gasteiger partial charge < -0.3 is 4.90 Å². The Bertz CT molecular complexity index is 824. The van der Waals surface area contributed by atoms with E-state index in [1.54, 1.807) is 24.3 Å². The lowest BCUT2D eigenvalue weighted by Gasteiger charge is -2.19. The molecule has 1 aliphatic heterocycles. The van der Waals surface area contributed by atoms with E-state index >= 15 is 0 Å². The molecule has 0 spiro atoms. The van der Waals surface area contributed by atoms with Gasteiger partial charge in [-0.15, -0.1) is 17.0 Å². The summed E-state index contributed by atoms with van der Waals surface area (Å²) in [6.07, 6.45) is -4.84. The third kappa shape index (κ3) is 2.99. The van der Waals surface area contributed by atoms with E-state index in [0.717, 1.165) is 17.7 Å². The molecule has 9 heteroatoms. The minimum Gasteiger partial charge on any atom is -0.322 e. The lowest BCUT2D eigenvalue weighted by molar-refractivity contribution is -0.388. The van der Waals surface area contributed by atoms with Gasteiger partial charge in [0, 0.05) is 17.3 Å². The molecule has 5 nitrogen and oxygen atoms in total. The minimum atomic E-state index is -4.84. The molecule has 0 saturated carbocycles. The molecule has 0 aromatic heterocycles. The molecule has 126 valence electrons. The zero-order chi connectivity index (χ0) is 16.8. The summed E-state index contributed by atoms with van der Waals surface area (Å²) in [5.41, 5.74) is -0.749. The van der Waals surface area contributed by atoms with Gasteiger partial charge >= 0.3 is 6.18 Å². The highest BCUT2D eigenvalue weighted by molar-refractivity contribution is 8.93. The Morgan fingerprint density at radius 3 is 2.42 bits per heavy atom. The molecule has 0 bridgehead atoms. The Hall–Kier alpha value is -2.42. The summed E-state index contributed by atoms with van der Waals surface area (Å²) in [4.78, 5) is 11.1. The van der Waals surface area contributed by atoms with E-state index in [0.29, 0.717) is 5.56 Å². The normalized spacial score (nSPS) is 13.5. The first-order valence-corrected chi connectivity index (χ1v) is 6.59. The molecule has 24 heavy (non-hydrogen) atoms. The largest absolute Gasteiger partial charge is 0.423 e. The number of nitrogens with one attached hydrogen (secondary N) is 1. The topological polar surface area (TPSA) is 70.2 Å². The fourth-order valence-electron chi connectivity index (χ4n) is 2.58. The van der Waals surface area contributed by atoms with E-state index in [9.17, 15) is 23.3 Å². The smallest absolute Gasteiger partial charge is 0.322 e. The van der Waals surface area contributed by atoms with Gasteiger partial charge in [-0.25, -0.2) is 0 Å². The predicted octanol–water partition coefficient (Wildman–Crippen LogP) is 4.54. The predicted molar refractivity (Wildman–Crippen MR) is 87.9 cm³/mol. The van der Waals surface area contributed by atoms with Crippen molar-refractivity contribution in [3.8, 4) is 0 Å². The van der Waals surface area contributed by atoms with Crippen molar-refractivity contribution < 1.29 is 18.1 Å². The van der Waals surface area contributed by atoms with Crippen LogP contribution in [0.4, 0.5) is 24.5 Å². The summed E-state index contributed by atoms with van der Waals surface area (Å²) < 4.78 is 39.2. The van der Waals surface area contributed by atoms with Gasteiger partial charge in [-0.2, -0.15) is 13.2 Å². The molecular formula is C15H11BrF3N3O2. The van der Waals surface area contributed by atoms with E-state index in [1.807, 2.05) is 0 Å². The summed E-state index contributed by atoms with van der Waals surface area (Å²) in [5.74, 6) is 0.0718. The number of benzene rings is 2. The summed E-state index contributed by atoms with van der Waals surface area (Å²) in [7, 11) is 0. The van der Waals surface area contributed by atoms with E-state index in [-0.39, 0.29) is 35.0 Å². The van der Waals surface area contributed by atoms with Crippen LogP contribution in [-0.4, -0.2) is 10.8 Å². The number of halogens is 4. The maximum absolute atomic E-state index is 13.1. The van der Waals surface area contributed by atoms with Gasteiger partial charge in [0.15, 0.2) is 0 Å². The van der Waals surface area contributed by atoms with Crippen LogP contribution < -0.4 is 4.90 Å². The number of fused-ring (bicyclic) bond motifs is 1. The summed E-state index contributed by atoms with van der Waals surface area (Å²) >= 11 is 0. The molecule has 0 atom stereocenters. The highest BCUT2D eigenvalue weighted by Gasteiger charge is 2.39. The molecule has 1 heterocycles. The summed E-state index contributed by atoms with van der Waals surface area (Å²) in [5, 5.41) is 18.9. The maximum atomic E-state index is 13.1. The second kappa shape index (κ2) is 6.23. The molecule has 2 aromatic carbocycles. The third-order valence-electron chi connectivity index (χ3n) is 3.66. The van der Waals surface area contributed by atoms with Gasteiger partial charge in [0.2, 0.25) is 0 Å². The van der Waals surface area contributed by atoms with E-state index in [4.69, 9.17) is 5.41 Å². The summed E-state index contributed by atoms with van der Waals surface area (Å²) in [6, 6.07) is 9.81. The Morgan fingerprint density at radius 1 is 1.17 bits per heavy atom. The third-order valence-corrected chi connectivity index (χ3v) is 3.66. The van der Waals surface area contributed by atoms with Crippen molar-refractivity contribution in [1.82, 2.24) is 0 Å². The van der Waals surface area contributed by atoms with Crippen molar-refractivity contribution in [2.24, 2.45) is 0 Å². The molecule has 0 radical (unpaired) electrons. The fourth-order valence-corrected chi connectivity index (χ4v) is 2.58. The Balaban J connectivity index is 0.00000208. The van der Waals surface area contributed by atoms with Crippen molar-refractivity contribution in [1.29, 1.82) is 5.41 Å². The number of amidine groups is 1. The fraction of sp³-hybridized carbons (Fsp3) is 0.133. The van der Waals surface area contributed by atoms with Crippen molar-refractivity contribution in [2.75, 3.05) is 4.90 Å². The Labute approximate surface area is 145 Å². The number of hydrogen-bond donors (Lipinski definition) is 1. The SMILES string of the molecule is Br.N=C1c2ccccc2CN1c1ccc([N+](=O)[O-])c(C(F)(F)F)c1. The molecule has 0 aliphatic carbocycles. The zero-order valence-electron chi connectivity index (χ0n) is 12.0. The number of hydrogen-bond acceptors (Lipinski definition) is 3. The van der Waals surface area contributed by atoms with Gasteiger partial charge in [0.1, 0.15) is 11.4 Å². The van der Waals surface area contributed by atoms with Crippen molar-refractivity contribution >= 4 is 34.2 Å². The van der Waals surface area contributed by atoms with E-state index < -0.39 is 22.4 Å². The van der Waals surface area contributed by atoms with Gasteiger partial charge in [0.05, 0.1) is 11.5 Å². The number of nitro benzene ring substituents is 1. The van der Waals surface area contributed by atoms with Crippen LogP contribution in [0, 0.1) is 15.5 Å². The average molecular weight is 402 g/mol. The van der Waals surface area contributed by atoms with E-state index in [2.05, 4.69) is 0 Å². The van der Waals surface area contributed by atoms with Gasteiger partial charge in [0.25, 0.3) is 5.69 Å². The first-order chi connectivity index (χ1) is 10.8. The molecule has 0 unspecified atom stereocenters. The van der Waals surface area contributed by atoms with Crippen LogP contribution >= 0.6 is 17.0 Å². The number of nitrogens with zero attached hydrogens (tertiary/aromatic N) is 2. The molecule has 0 fully saturated rings. The van der Waals surface area contributed by atoms with Crippen LogP contribution in [0.3, 0.4) is 0 Å². The Morgan fingerprint density at radius 2 is 1.83 bits per heavy atom. The highest BCUT2D eigenvalue weighted by Crippen LogP contribution is 2.39. The number of rotatable bonds is 2. The highest BCUT2D eigenvalue weighted by atomic mass is 79.9. The molecule has 1 aliphatic rings. The molecule has 3 rings (SSSR count). The number of nitro groups is 1. The Kier molecular flexibility index (Phi) is 4.66. The van der Waals surface area contributed by atoms with E-state index in [1.165, 1.54) is 11.0 Å². The second-order valence-corrected chi connectivity index (χ2v) is 5.05. The molecule has 2 aromatic rings. The molecule has 0 amide bonds. The minimum absolute atomic E-state index is 0. The number of anilines is 1. The lowest BCUT2D eigenvalue weighted by Crippen LogP contribution is -2.23. The lowest BCUT2D eigenvalue weighted by atomic mass is 10.1. The van der Waals surface area contributed by atoms with Crippen LogP contribution in [0.15, 0.2) is 42.5 Å². The van der Waals surface area contributed by atoms with Crippen LogP contribution in [0.2, 0.25) is 0 Å². The van der Waals surface area contributed by atoms with Gasteiger partial charge in [-0.3, -0.25) is 15.5 Å². The molecular weight excluding hydrogens is 391 g/mol. The molecule has 0 saturated heterocycles. The van der Waals surface area contributed by atoms with Crippen LogP contribution in [-0.2, 0) is 12.7 Å². The maximum Gasteiger partial charge on any atom is 0.423 e. The molecule has 1 N–H and O–H groups in total. The first-order valence-electron chi connectivity index (χ1n) is 6.59. The van der Waals surface area contributed by atoms with Crippen molar-refractivity contribution in [2.45, 2.75) is 12.7 Å². The zero-order valence-corrected chi connectivity index (χ0v) is 13.7. The van der Waals surface area contributed by atoms with Crippen molar-refractivity contribution in [3.05, 3.63) is 69.3 Å².